The number of nitrogens with one attached hydrogen (secondary N) is 1. The number of carbonyl (C=O) groups is 1. The molecule has 6 heteroatoms. The van der Waals surface area contributed by atoms with Crippen molar-refractivity contribution in [3.05, 3.63) is 53.6 Å². The molecule has 0 spiro atoms. The van der Waals surface area contributed by atoms with Gasteiger partial charge in [-0.3, -0.25) is 4.79 Å². The standard InChI is InChI=1S/C18H23N3O.2ClH/c1-14-2-4-15(5-3-14)8-12-21-13-11-20-18(21)17(22)16-6-9-19-10-7-16;;/h2-5,11,13,16,19H,6-10,12H2,1H3;2*1H. The molecule has 1 aromatic heterocycles. The van der Waals surface area contributed by atoms with Gasteiger partial charge in [0, 0.05) is 24.9 Å². The number of halogens is 2. The van der Waals surface area contributed by atoms with Crippen molar-refractivity contribution in [2.75, 3.05) is 13.1 Å². The Morgan fingerprint density at radius 3 is 2.54 bits per heavy atom. The Bertz CT molecular complexity index is 634. The van der Waals surface area contributed by atoms with Crippen LogP contribution in [0.5, 0.6) is 0 Å². The van der Waals surface area contributed by atoms with Crippen molar-refractivity contribution in [3.63, 3.8) is 0 Å². The van der Waals surface area contributed by atoms with E-state index in [1.165, 1.54) is 11.1 Å². The van der Waals surface area contributed by atoms with E-state index in [0.29, 0.717) is 5.82 Å². The number of nitrogens with zero attached hydrogens (tertiary/aromatic N) is 2. The summed E-state index contributed by atoms with van der Waals surface area (Å²) in [6.45, 7) is 4.76. The van der Waals surface area contributed by atoms with Crippen LogP contribution in [0.25, 0.3) is 0 Å². The van der Waals surface area contributed by atoms with Gasteiger partial charge < -0.3 is 9.88 Å². The lowest BCUT2D eigenvalue weighted by Crippen LogP contribution is -2.33. The first-order valence-electron chi connectivity index (χ1n) is 8.05. The Kier molecular flexibility index (Phi) is 8.46. The fourth-order valence-electron chi connectivity index (χ4n) is 2.99. The molecular weight excluding hydrogens is 345 g/mol. The molecule has 1 aliphatic rings. The molecule has 0 radical (unpaired) electrons. The van der Waals surface area contributed by atoms with Crippen LogP contribution in [0, 0.1) is 12.8 Å². The van der Waals surface area contributed by atoms with Gasteiger partial charge in [0.25, 0.3) is 0 Å². The molecule has 0 amide bonds. The molecule has 0 unspecified atom stereocenters. The highest BCUT2D eigenvalue weighted by molar-refractivity contribution is 5.94. The lowest BCUT2D eigenvalue weighted by atomic mass is 9.93. The van der Waals surface area contributed by atoms with Crippen molar-refractivity contribution in [1.29, 1.82) is 0 Å². The normalized spacial score (nSPS) is 14.5. The molecule has 2 heterocycles. The summed E-state index contributed by atoms with van der Waals surface area (Å²) in [5, 5.41) is 3.30. The predicted molar refractivity (Wildman–Crippen MR) is 102 cm³/mol. The van der Waals surface area contributed by atoms with Gasteiger partial charge in [0.15, 0.2) is 5.82 Å². The summed E-state index contributed by atoms with van der Waals surface area (Å²) in [6.07, 6.45) is 6.42. The van der Waals surface area contributed by atoms with Gasteiger partial charge in [-0.25, -0.2) is 4.98 Å². The van der Waals surface area contributed by atoms with Crippen LogP contribution < -0.4 is 5.32 Å². The molecule has 24 heavy (non-hydrogen) atoms. The summed E-state index contributed by atoms with van der Waals surface area (Å²) < 4.78 is 2.00. The minimum Gasteiger partial charge on any atom is -0.328 e. The van der Waals surface area contributed by atoms with E-state index >= 15 is 0 Å². The number of carbonyl (C=O) groups excluding carboxylic acids is 1. The van der Waals surface area contributed by atoms with Crippen LogP contribution in [-0.2, 0) is 13.0 Å². The predicted octanol–water partition coefficient (Wildman–Crippen LogP) is 3.46. The number of hydrogen-bond donors (Lipinski definition) is 1. The van der Waals surface area contributed by atoms with E-state index in [9.17, 15) is 4.79 Å². The molecule has 1 N–H and O–H groups in total. The summed E-state index contributed by atoms with van der Waals surface area (Å²) in [5.41, 5.74) is 2.56. The largest absolute Gasteiger partial charge is 0.328 e. The average molecular weight is 370 g/mol. The topological polar surface area (TPSA) is 46.9 Å². The van der Waals surface area contributed by atoms with Gasteiger partial charge in [0.1, 0.15) is 0 Å². The van der Waals surface area contributed by atoms with Crippen LogP contribution in [0.1, 0.15) is 34.6 Å². The summed E-state index contributed by atoms with van der Waals surface area (Å²) >= 11 is 0. The third kappa shape index (κ3) is 5.07. The van der Waals surface area contributed by atoms with E-state index < -0.39 is 0 Å². The van der Waals surface area contributed by atoms with Gasteiger partial charge in [0.05, 0.1) is 0 Å². The zero-order chi connectivity index (χ0) is 15.4. The highest BCUT2D eigenvalue weighted by Crippen LogP contribution is 2.17. The highest BCUT2D eigenvalue weighted by Gasteiger charge is 2.25. The van der Waals surface area contributed by atoms with Gasteiger partial charge in [-0.1, -0.05) is 29.8 Å². The maximum absolute atomic E-state index is 12.6. The molecule has 3 rings (SSSR count). The van der Waals surface area contributed by atoms with Gasteiger partial charge in [0.2, 0.25) is 5.78 Å². The van der Waals surface area contributed by atoms with Crippen LogP contribution in [0.2, 0.25) is 0 Å². The zero-order valence-corrected chi connectivity index (χ0v) is 15.5. The number of hydrogen-bond acceptors (Lipinski definition) is 3. The Morgan fingerprint density at radius 1 is 1.21 bits per heavy atom. The van der Waals surface area contributed by atoms with Crippen LogP contribution in [0.4, 0.5) is 0 Å². The lowest BCUT2D eigenvalue weighted by molar-refractivity contribution is 0.0879. The molecule has 2 aromatic rings. The third-order valence-corrected chi connectivity index (χ3v) is 4.41. The van der Waals surface area contributed by atoms with E-state index in [1.807, 2.05) is 10.8 Å². The van der Waals surface area contributed by atoms with Crippen molar-refractivity contribution in [3.8, 4) is 0 Å². The van der Waals surface area contributed by atoms with Gasteiger partial charge in [-0.2, -0.15) is 0 Å². The molecule has 1 aromatic carbocycles. The molecule has 4 nitrogen and oxygen atoms in total. The second kappa shape index (κ2) is 9.82. The molecule has 1 aliphatic heterocycles. The summed E-state index contributed by atoms with van der Waals surface area (Å²) in [6, 6.07) is 8.57. The summed E-state index contributed by atoms with van der Waals surface area (Å²) in [5.74, 6) is 0.955. The number of benzene rings is 1. The molecule has 0 aliphatic carbocycles. The Balaban J connectivity index is 0.00000144. The quantitative estimate of drug-likeness (QED) is 0.820. The minimum atomic E-state index is 0. The first-order chi connectivity index (χ1) is 10.7. The Hall–Kier alpha value is -1.36. The first-order valence-corrected chi connectivity index (χ1v) is 8.05. The zero-order valence-electron chi connectivity index (χ0n) is 13.9. The van der Waals surface area contributed by atoms with Crippen LogP contribution in [0.15, 0.2) is 36.7 Å². The highest BCUT2D eigenvalue weighted by atomic mass is 35.5. The van der Waals surface area contributed by atoms with Crippen molar-refractivity contribution in [2.24, 2.45) is 5.92 Å². The van der Waals surface area contributed by atoms with E-state index in [1.54, 1.807) is 6.20 Å². The van der Waals surface area contributed by atoms with E-state index in [4.69, 9.17) is 0 Å². The first kappa shape index (κ1) is 20.7. The fraction of sp³-hybridized carbons (Fsp3) is 0.444. The number of Topliss-reactive ketones (excluding diaryl/α,β-unsaturated/α-hetero) is 1. The number of ketones is 1. The monoisotopic (exact) mass is 369 g/mol. The van der Waals surface area contributed by atoms with Crippen molar-refractivity contribution in [1.82, 2.24) is 14.9 Å². The van der Waals surface area contributed by atoms with Crippen molar-refractivity contribution >= 4 is 30.6 Å². The molecule has 132 valence electrons. The third-order valence-electron chi connectivity index (χ3n) is 4.41. The molecular formula is C18H25Cl2N3O. The number of aromatic nitrogens is 2. The second-order valence-electron chi connectivity index (χ2n) is 6.07. The van der Waals surface area contributed by atoms with Crippen molar-refractivity contribution in [2.45, 2.75) is 32.7 Å². The smallest absolute Gasteiger partial charge is 0.201 e. The van der Waals surface area contributed by atoms with Crippen molar-refractivity contribution < 1.29 is 4.79 Å². The van der Waals surface area contributed by atoms with Gasteiger partial charge in [-0.05, 0) is 44.8 Å². The van der Waals surface area contributed by atoms with Gasteiger partial charge in [-0.15, -0.1) is 24.8 Å². The summed E-state index contributed by atoms with van der Waals surface area (Å²) in [4.78, 5) is 16.9. The molecule has 1 saturated heterocycles. The van der Waals surface area contributed by atoms with E-state index in [-0.39, 0.29) is 36.5 Å². The average Bonchev–Trinajstić information content (AvgIpc) is 3.03. The van der Waals surface area contributed by atoms with Crippen LogP contribution in [0.3, 0.4) is 0 Å². The number of aryl methyl sites for hydroxylation is 3. The Labute approximate surface area is 155 Å². The number of piperidine rings is 1. The van der Waals surface area contributed by atoms with E-state index in [2.05, 4.69) is 41.5 Å². The maximum atomic E-state index is 12.6. The lowest BCUT2D eigenvalue weighted by Gasteiger charge is -2.21. The van der Waals surface area contributed by atoms with E-state index in [0.717, 1.165) is 38.9 Å². The fourth-order valence-corrected chi connectivity index (χ4v) is 2.99. The molecule has 0 bridgehead atoms. The van der Waals surface area contributed by atoms with Gasteiger partial charge >= 0.3 is 0 Å². The maximum Gasteiger partial charge on any atom is 0.201 e. The van der Waals surface area contributed by atoms with Crippen LogP contribution >= 0.6 is 24.8 Å². The second-order valence-corrected chi connectivity index (χ2v) is 6.07. The number of rotatable bonds is 5. The molecule has 0 atom stereocenters. The molecule has 0 saturated carbocycles. The van der Waals surface area contributed by atoms with Crippen LogP contribution in [-0.4, -0.2) is 28.4 Å². The summed E-state index contributed by atoms with van der Waals surface area (Å²) in [7, 11) is 0. The Morgan fingerprint density at radius 2 is 1.88 bits per heavy atom. The minimum absolute atomic E-state index is 0. The number of imidazole rings is 1. The SMILES string of the molecule is Cc1ccc(CCn2ccnc2C(=O)C2CCNCC2)cc1.Cl.Cl. The molecule has 1 fully saturated rings.